The van der Waals surface area contributed by atoms with Gasteiger partial charge in [0.25, 0.3) is 0 Å². The van der Waals surface area contributed by atoms with Gasteiger partial charge >= 0.3 is 0 Å². The van der Waals surface area contributed by atoms with Crippen molar-refractivity contribution in [1.29, 1.82) is 5.26 Å². The van der Waals surface area contributed by atoms with E-state index in [2.05, 4.69) is 38.1 Å². The summed E-state index contributed by atoms with van der Waals surface area (Å²) in [7, 11) is 1.57. The fraction of sp³-hybridized carbons (Fsp3) is 0.484. The van der Waals surface area contributed by atoms with Gasteiger partial charge in [0.1, 0.15) is 5.82 Å². The van der Waals surface area contributed by atoms with Crippen LogP contribution in [-0.4, -0.2) is 66.2 Å². The Morgan fingerprint density at radius 2 is 2.14 bits per heavy atom. The van der Waals surface area contributed by atoms with Crippen LogP contribution in [0, 0.1) is 41.9 Å². The first-order chi connectivity index (χ1) is 20.9. The number of aliphatic hydroxyl groups excluding tert-OH is 1. The van der Waals surface area contributed by atoms with Crippen molar-refractivity contribution in [2.45, 2.75) is 57.0 Å². The first-order valence-corrected chi connectivity index (χ1v) is 14.8. The molecule has 3 aliphatic carbocycles. The number of halogens is 1. The van der Waals surface area contributed by atoms with E-state index in [4.69, 9.17) is 14.6 Å². The van der Waals surface area contributed by atoms with Gasteiger partial charge in [0.15, 0.2) is 29.3 Å². The molecule has 6 atom stereocenters. The Labute approximate surface area is 247 Å². The molecule has 43 heavy (non-hydrogen) atoms. The molecule has 1 aliphatic heterocycles. The monoisotopic (exact) mass is 584 g/mol. The number of nitrogens with zero attached hydrogens (tertiary/aromatic N) is 7. The van der Waals surface area contributed by atoms with Crippen molar-refractivity contribution in [3.8, 4) is 28.9 Å². The maximum atomic E-state index is 13.5. The van der Waals surface area contributed by atoms with Gasteiger partial charge in [0, 0.05) is 36.4 Å². The number of rotatable bonds is 8. The van der Waals surface area contributed by atoms with Crippen LogP contribution in [-0.2, 0) is 13.1 Å². The zero-order valence-corrected chi connectivity index (χ0v) is 24.1. The van der Waals surface area contributed by atoms with Crippen molar-refractivity contribution in [3.05, 3.63) is 59.6 Å². The third-order valence-corrected chi connectivity index (χ3v) is 10.6. The molecule has 0 saturated heterocycles. The van der Waals surface area contributed by atoms with Crippen LogP contribution in [0.25, 0.3) is 16.8 Å². The van der Waals surface area contributed by atoms with Crippen LogP contribution < -0.4 is 14.8 Å². The van der Waals surface area contributed by atoms with Crippen molar-refractivity contribution in [2.75, 3.05) is 20.3 Å². The third-order valence-electron chi connectivity index (χ3n) is 10.6. The summed E-state index contributed by atoms with van der Waals surface area (Å²) in [4.78, 5) is 6.82. The number of aromatic nitrogens is 5. The van der Waals surface area contributed by atoms with Gasteiger partial charge in [-0.1, -0.05) is 0 Å². The summed E-state index contributed by atoms with van der Waals surface area (Å²) in [6.07, 6.45) is 9.58. The Kier molecular flexibility index (Phi) is 5.93. The first-order valence-electron chi connectivity index (χ1n) is 14.8. The number of hydrogen-bond donors (Lipinski definition) is 2. The molecule has 0 aromatic carbocycles. The molecule has 4 aromatic rings. The van der Waals surface area contributed by atoms with E-state index < -0.39 is 11.9 Å². The van der Waals surface area contributed by atoms with Crippen molar-refractivity contribution in [1.82, 2.24) is 34.6 Å². The van der Waals surface area contributed by atoms with E-state index in [1.165, 1.54) is 37.1 Å². The Morgan fingerprint density at radius 3 is 2.86 bits per heavy atom. The highest BCUT2D eigenvalue weighted by molar-refractivity contribution is 5.75. The zero-order valence-electron chi connectivity index (χ0n) is 24.1. The van der Waals surface area contributed by atoms with Gasteiger partial charge in [-0.05, 0) is 67.7 Å². The average Bonchev–Trinajstić information content (AvgIpc) is 3.74. The molecule has 4 aliphatic rings. The SMILES string of the molecule is COc1cnn2cc(-c3nn4c(c3C)CN(C35CC6CC3C(C5)C6NC#N)CC4)cc(O[C@H](CO)c3ccc(F)cn3)c12. The summed E-state index contributed by atoms with van der Waals surface area (Å²) < 4.78 is 29.2. The molecule has 5 unspecified atom stereocenters. The molecule has 11 nitrogen and oxygen atoms in total. The Bertz CT molecular complexity index is 1760. The Hall–Kier alpha value is -4.21. The molecule has 3 fully saturated rings. The Balaban J connectivity index is 1.11. The van der Waals surface area contributed by atoms with Gasteiger partial charge in [0.05, 0.1) is 49.7 Å². The Morgan fingerprint density at radius 1 is 1.26 bits per heavy atom. The van der Waals surface area contributed by atoms with E-state index in [0.717, 1.165) is 42.7 Å². The number of nitriles is 1. The van der Waals surface area contributed by atoms with Crippen molar-refractivity contribution < 1.29 is 19.0 Å². The highest BCUT2D eigenvalue weighted by Gasteiger charge is 2.70. The number of nitrogens with one attached hydrogen (secondary N) is 1. The minimum absolute atomic E-state index is 0.254. The number of ether oxygens (including phenoxy) is 2. The fourth-order valence-corrected chi connectivity index (χ4v) is 8.67. The van der Waals surface area contributed by atoms with Crippen LogP contribution in [0.4, 0.5) is 4.39 Å². The second-order valence-corrected chi connectivity index (χ2v) is 12.4. The predicted molar refractivity (Wildman–Crippen MR) is 152 cm³/mol. The second-order valence-electron chi connectivity index (χ2n) is 12.4. The average molecular weight is 585 g/mol. The number of fused-ring (bicyclic) bond motifs is 3. The lowest BCUT2D eigenvalue weighted by Crippen LogP contribution is -2.68. The summed E-state index contributed by atoms with van der Waals surface area (Å²) in [6, 6.07) is 5.06. The minimum Gasteiger partial charge on any atom is -0.493 e. The molecule has 0 amide bonds. The summed E-state index contributed by atoms with van der Waals surface area (Å²) in [5.74, 6) is 2.40. The standard InChI is InChI=1S/C31H33FN8O3/c1-17-24-14-38(31-9-18-7-22(31)21(10-31)29(18)35-16-33)5-6-39(24)37-28(17)19-8-25(30-26(42-2)12-36-40(30)13-19)43-27(15-41)23-4-3-20(32)11-34-23/h3-4,8,11-13,18,21-22,27,29,35,41H,5-7,9-10,14-15H2,1-2H3/t18?,21?,22?,27-,29?,31?/m1/s1. The molecule has 2 bridgehead atoms. The molecule has 8 rings (SSSR count). The van der Waals surface area contributed by atoms with Crippen LogP contribution in [0.5, 0.6) is 11.5 Å². The van der Waals surface area contributed by atoms with E-state index >= 15 is 0 Å². The van der Waals surface area contributed by atoms with Crippen LogP contribution in [0.1, 0.15) is 42.3 Å². The molecule has 3 saturated carbocycles. The predicted octanol–water partition coefficient (Wildman–Crippen LogP) is 3.21. The lowest BCUT2D eigenvalue weighted by Gasteiger charge is -2.61. The summed E-state index contributed by atoms with van der Waals surface area (Å²) in [5.41, 5.74) is 5.30. The van der Waals surface area contributed by atoms with Crippen LogP contribution in [0.2, 0.25) is 0 Å². The smallest absolute Gasteiger partial charge is 0.176 e. The quantitative estimate of drug-likeness (QED) is 0.237. The van der Waals surface area contributed by atoms with Gasteiger partial charge < -0.3 is 19.9 Å². The number of pyridine rings is 2. The van der Waals surface area contributed by atoms with Gasteiger partial charge in [-0.25, -0.2) is 8.91 Å². The zero-order chi connectivity index (χ0) is 29.5. The van der Waals surface area contributed by atoms with Gasteiger partial charge in [-0.3, -0.25) is 14.6 Å². The molecule has 12 heteroatoms. The van der Waals surface area contributed by atoms with Crippen molar-refractivity contribution in [3.63, 3.8) is 0 Å². The minimum atomic E-state index is -0.820. The van der Waals surface area contributed by atoms with Crippen LogP contribution >= 0.6 is 0 Å². The van der Waals surface area contributed by atoms with Gasteiger partial charge in [0.2, 0.25) is 0 Å². The lowest BCUT2D eigenvalue weighted by atomic mass is 9.55. The molecule has 222 valence electrons. The molecule has 0 spiro atoms. The third kappa shape index (κ3) is 3.81. The van der Waals surface area contributed by atoms with E-state index in [1.807, 2.05) is 12.3 Å². The highest BCUT2D eigenvalue weighted by Crippen LogP contribution is 2.68. The van der Waals surface area contributed by atoms with E-state index in [-0.39, 0.29) is 12.1 Å². The molecular weight excluding hydrogens is 551 g/mol. The number of hydrogen-bond acceptors (Lipinski definition) is 9. The van der Waals surface area contributed by atoms with E-state index in [0.29, 0.717) is 46.5 Å². The number of aliphatic hydroxyl groups is 1. The summed E-state index contributed by atoms with van der Waals surface area (Å²) >= 11 is 0. The molecule has 4 aromatic heterocycles. The molecular formula is C31H33FN8O3. The van der Waals surface area contributed by atoms with Gasteiger partial charge in [-0.15, -0.1) is 0 Å². The molecule has 5 heterocycles. The number of methoxy groups -OCH3 is 1. The summed E-state index contributed by atoms with van der Waals surface area (Å²) in [6.45, 7) is 4.42. The summed E-state index contributed by atoms with van der Waals surface area (Å²) in [5, 5.41) is 32.0. The molecule has 2 N–H and O–H groups in total. The normalized spacial score (nSPS) is 27.9. The van der Waals surface area contributed by atoms with Crippen LogP contribution in [0.15, 0.2) is 36.8 Å². The fourth-order valence-electron chi connectivity index (χ4n) is 8.67. The second kappa shape index (κ2) is 9.65. The lowest BCUT2D eigenvalue weighted by molar-refractivity contribution is -0.109. The van der Waals surface area contributed by atoms with Crippen LogP contribution in [0.3, 0.4) is 0 Å². The van der Waals surface area contributed by atoms with Crippen molar-refractivity contribution >= 4 is 5.52 Å². The largest absolute Gasteiger partial charge is 0.493 e. The van der Waals surface area contributed by atoms with E-state index in [1.54, 1.807) is 17.8 Å². The topological polar surface area (TPSA) is 126 Å². The van der Waals surface area contributed by atoms with Gasteiger partial charge in [-0.2, -0.15) is 15.5 Å². The maximum absolute atomic E-state index is 13.5. The van der Waals surface area contributed by atoms with E-state index in [9.17, 15) is 14.8 Å². The first kappa shape index (κ1) is 26.4. The van der Waals surface area contributed by atoms with Crippen molar-refractivity contribution in [2.24, 2.45) is 17.8 Å². The molecule has 0 radical (unpaired) electrons. The highest BCUT2D eigenvalue weighted by atomic mass is 19.1. The maximum Gasteiger partial charge on any atom is 0.176 e.